The number of sulfonamides is 1. The molecule has 0 amide bonds. The Morgan fingerprint density at radius 1 is 1.39 bits per heavy atom. The van der Waals surface area contributed by atoms with Crippen LogP contribution in [0.25, 0.3) is 0 Å². The first-order valence-corrected chi connectivity index (χ1v) is 10.9. The summed E-state index contributed by atoms with van der Waals surface area (Å²) in [7, 11) is -3.71. The van der Waals surface area contributed by atoms with Crippen LogP contribution >= 0.6 is 24.0 Å². The van der Waals surface area contributed by atoms with Gasteiger partial charge in [0.25, 0.3) is 0 Å². The van der Waals surface area contributed by atoms with Crippen molar-refractivity contribution in [3.8, 4) is 0 Å². The predicted molar refractivity (Wildman–Crippen MR) is 120 cm³/mol. The van der Waals surface area contributed by atoms with Gasteiger partial charge in [-0.3, -0.25) is 0 Å². The minimum absolute atomic E-state index is 0. The maximum Gasteiger partial charge on any atom is 0.238 e. The summed E-state index contributed by atoms with van der Waals surface area (Å²) in [5, 5.41) is 11.6. The Bertz CT molecular complexity index is 709. The van der Waals surface area contributed by atoms with Gasteiger partial charge in [0.05, 0.1) is 24.2 Å². The Labute approximate surface area is 184 Å². The summed E-state index contributed by atoms with van der Waals surface area (Å²) in [4.78, 5) is 4.58. The molecule has 1 aromatic carbocycles. The number of hydrogen-bond donors (Lipinski definition) is 3. The number of aliphatic imine (C=N–C) groups is 1. The molecule has 1 heterocycles. The maximum absolute atomic E-state index is 11.4. The Balaban J connectivity index is 0.00000392. The van der Waals surface area contributed by atoms with Crippen molar-refractivity contribution in [2.75, 3.05) is 32.9 Å². The lowest BCUT2D eigenvalue weighted by Crippen LogP contribution is -2.38. The van der Waals surface area contributed by atoms with Gasteiger partial charge in [0.2, 0.25) is 10.0 Å². The number of nitrogens with one attached hydrogen (secondary N) is 2. The van der Waals surface area contributed by atoms with E-state index in [9.17, 15) is 8.42 Å². The van der Waals surface area contributed by atoms with E-state index in [-0.39, 0.29) is 35.0 Å². The van der Waals surface area contributed by atoms with Gasteiger partial charge < -0.3 is 20.1 Å². The van der Waals surface area contributed by atoms with E-state index in [1.165, 1.54) is 6.07 Å². The third-order valence-electron chi connectivity index (χ3n) is 4.08. The van der Waals surface area contributed by atoms with Gasteiger partial charge in [0, 0.05) is 26.3 Å². The molecule has 1 fully saturated rings. The van der Waals surface area contributed by atoms with Crippen LogP contribution in [0.3, 0.4) is 0 Å². The zero-order valence-corrected chi connectivity index (χ0v) is 19.4. The summed E-state index contributed by atoms with van der Waals surface area (Å²) in [5.41, 5.74) is 0.777. The summed E-state index contributed by atoms with van der Waals surface area (Å²) >= 11 is 0. The van der Waals surface area contributed by atoms with Crippen molar-refractivity contribution in [3.63, 3.8) is 0 Å². The van der Waals surface area contributed by atoms with Crippen molar-refractivity contribution in [1.29, 1.82) is 0 Å². The molecular formula is C18H31IN4O4S. The first kappa shape index (κ1) is 25.1. The molecule has 1 aromatic rings. The van der Waals surface area contributed by atoms with E-state index in [2.05, 4.69) is 15.6 Å². The highest BCUT2D eigenvalue weighted by atomic mass is 127. The van der Waals surface area contributed by atoms with E-state index in [0.717, 1.165) is 44.5 Å². The average molecular weight is 526 g/mol. The van der Waals surface area contributed by atoms with Crippen molar-refractivity contribution in [2.24, 2.45) is 10.1 Å². The molecule has 0 saturated carbocycles. The Hall–Kier alpha value is -0.950. The lowest BCUT2D eigenvalue weighted by molar-refractivity contribution is 0.0168. The molecular weight excluding hydrogens is 495 g/mol. The second-order valence-electron chi connectivity index (χ2n) is 6.38. The van der Waals surface area contributed by atoms with Crippen LogP contribution in [0.2, 0.25) is 0 Å². The van der Waals surface area contributed by atoms with Gasteiger partial charge in [-0.1, -0.05) is 12.1 Å². The molecule has 1 saturated heterocycles. The van der Waals surface area contributed by atoms with Gasteiger partial charge in [-0.25, -0.2) is 18.5 Å². The van der Waals surface area contributed by atoms with E-state index in [4.69, 9.17) is 14.6 Å². The molecule has 0 aromatic heterocycles. The van der Waals surface area contributed by atoms with Gasteiger partial charge >= 0.3 is 0 Å². The molecule has 1 aliphatic heterocycles. The number of rotatable bonds is 10. The minimum Gasteiger partial charge on any atom is -0.379 e. The summed E-state index contributed by atoms with van der Waals surface area (Å²) in [6, 6.07) is 6.50. The van der Waals surface area contributed by atoms with Crippen LogP contribution in [-0.2, 0) is 26.0 Å². The molecule has 1 unspecified atom stereocenters. The lowest BCUT2D eigenvalue weighted by Gasteiger charge is -2.13. The monoisotopic (exact) mass is 526 g/mol. The van der Waals surface area contributed by atoms with E-state index >= 15 is 0 Å². The number of benzene rings is 1. The Morgan fingerprint density at radius 3 is 2.89 bits per heavy atom. The highest BCUT2D eigenvalue weighted by Gasteiger charge is 2.14. The number of hydrogen-bond acceptors (Lipinski definition) is 5. The van der Waals surface area contributed by atoms with Crippen molar-refractivity contribution in [1.82, 2.24) is 10.6 Å². The van der Waals surface area contributed by atoms with E-state index in [1.54, 1.807) is 12.1 Å². The zero-order valence-electron chi connectivity index (χ0n) is 16.2. The zero-order chi connectivity index (χ0) is 19.5. The fourth-order valence-corrected chi connectivity index (χ4v) is 3.29. The number of ether oxygens (including phenoxy) is 2. The largest absolute Gasteiger partial charge is 0.379 e. The van der Waals surface area contributed by atoms with Gasteiger partial charge in [-0.15, -0.1) is 24.0 Å². The molecule has 8 nitrogen and oxygen atoms in total. The molecule has 0 radical (unpaired) electrons. The summed E-state index contributed by atoms with van der Waals surface area (Å²) in [6.45, 7) is 5.99. The van der Waals surface area contributed by atoms with Crippen LogP contribution in [0.5, 0.6) is 0 Å². The molecule has 2 rings (SSSR count). The maximum atomic E-state index is 11.4. The molecule has 10 heteroatoms. The number of primary sulfonamides is 1. The molecule has 1 aliphatic rings. The number of nitrogens with zero attached hydrogens (tertiary/aromatic N) is 1. The van der Waals surface area contributed by atoms with Gasteiger partial charge in [0.15, 0.2) is 5.96 Å². The first-order chi connectivity index (χ1) is 13.0. The lowest BCUT2D eigenvalue weighted by atomic mass is 10.2. The van der Waals surface area contributed by atoms with Crippen molar-refractivity contribution in [3.05, 3.63) is 29.8 Å². The molecule has 0 bridgehead atoms. The first-order valence-electron chi connectivity index (χ1n) is 9.32. The normalized spacial score (nSPS) is 17.2. The molecule has 4 N–H and O–H groups in total. The third-order valence-corrected chi connectivity index (χ3v) is 4.99. The number of halogens is 1. The van der Waals surface area contributed by atoms with Gasteiger partial charge in [0.1, 0.15) is 0 Å². The van der Waals surface area contributed by atoms with Crippen molar-refractivity contribution >= 4 is 40.0 Å². The van der Waals surface area contributed by atoms with Crippen LogP contribution in [0.1, 0.15) is 31.7 Å². The standard InChI is InChI=1S/C18H30N4O4S.HI/c1-2-20-18(21-9-5-10-25-14-16-7-4-11-26-16)22-13-15-6-3-8-17(12-15)27(19,23)24;/h3,6,8,12,16H,2,4-5,7,9-11,13-14H2,1H3,(H2,19,23,24)(H2,20,21,22);1H. The molecule has 0 spiro atoms. The molecule has 160 valence electrons. The quantitative estimate of drug-likeness (QED) is 0.185. The molecule has 28 heavy (non-hydrogen) atoms. The van der Waals surface area contributed by atoms with Crippen LogP contribution in [-0.4, -0.2) is 53.4 Å². The second-order valence-corrected chi connectivity index (χ2v) is 7.94. The number of nitrogens with two attached hydrogens (primary N) is 1. The van der Waals surface area contributed by atoms with Crippen LogP contribution in [0.15, 0.2) is 34.2 Å². The second kappa shape index (κ2) is 13.3. The molecule has 0 aliphatic carbocycles. The Morgan fingerprint density at radius 2 is 2.21 bits per heavy atom. The third kappa shape index (κ3) is 9.50. The minimum atomic E-state index is -3.71. The van der Waals surface area contributed by atoms with E-state index in [1.807, 2.05) is 13.0 Å². The highest BCUT2D eigenvalue weighted by molar-refractivity contribution is 14.0. The topological polar surface area (TPSA) is 115 Å². The fraction of sp³-hybridized carbons (Fsp3) is 0.611. The number of guanidine groups is 1. The highest BCUT2D eigenvalue weighted by Crippen LogP contribution is 2.12. The smallest absolute Gasteiger partial charge is 0.238 e. The van der Waals surface area contributed by atoms with E-state index in [0.29, 0.717) is 25.7 Å². The van der Waals surface area contributed by atoms with Gasteiger partial charge in [-0.2, -0.15) is 0 Å². The summed E-state index contributed by atoms with van der Waals surface area (Å²) < 4.78 is 34.0. The summed E-state index contributed by atoms with van der Waals surface area (Å²) in [5.74, 6) is 0.678. The fourth-order valence-electron chi connectivity index (χ4n) is 2.70. The van der Waals surface area contributed by atoms with Crippen molar-refractivity contribution in [2.45, 2.75) is 43.7 Å². The Kier molecular flexibility index (Phi) is 11.9. The predicted octanol–water partition coefficient (Wildman–Crippen LogP) is 1.59. The van der Waals surface area contributed by atoms with Crippen LogP contribution in [0, 0.1) is 0 Å². The van der Waals surface area contributed by atoms with E-state index < -0.39 is 10.0 Å². The SMILES string of the molecule is CCNC(=NCc1cccc(S(N)(=O)=O)c1)NCCCOCC1CCCO1.I. The molecule has 1 atom stereocenters. The van der Waals surface area contributed by atoms with Crippen LogP contribution < -0.4 is 15.8 Å². The van der Waals surface area contributed by atoms with Gasteiger partial charge in [-0.05, 0) is 43.9 Å². The average Bonchev–Trinajstić information content (AvgIpc) is 3.15. The van der Waals surface area contributed by atoms with Crippen molar-refractivity contribution < 1.29 is 17.9 Å². The summed E-state index contributed by atoms with van der Waals surface area (Å²) in [6.07, 6.45) is 3.32. The van der Waals surface area contributed by atoms with Crippen LogP contribution in [0.4, 0.5) is 0 Å².